The average Bonchev–Trinajstić information content (AvgIpc) is 3.26. The molecular weight excluding hydrogens is 400 g/mol. The van der Waals surface area contributed by atoms with Crippen LogP contribution in [-0.2, 0) is 0 Å². The quantitative estimate of drug-likeness (QED) is 0.410. The van der Waals surface area contributed by atoms with Crippen LogP contribution in [0.4, 0.5) is 15.6 Å². The summed E-state index contributed by atoms with van der Waals surface area (Å²) in [6, 6.07) is 10.8. The Morgan fingerprint density at radius 2 is 1.74 bits per heavy atom. The van der Waals surface area contributed by atoms with Gasteiger partial charge in [0.1, 0.15) is 5.75 Å². The Balaban J connectivity index is 1.51. The standard InChI is InChI=1S/C18H16N4O2S3/c1-3-24-11-6-4-10(5-7-11)19-16(23)22-17-20-12-8-9-13-15(14(12)26-17)27-18(21-13)25-2/h4-9H,3H2,1-2H3,(H2,19,20,22,23). The summed E-state index contributed by atoms with van der Waals surface area (Å²) < 4.78 is 8.57. The van der Waals surface area contributed by atoms with Crippen molar-refractivity contribution in [3.63, 3.8) is 0 Å². The minimum Gasteiger partial charge on any atom is -0.494 e. The maximum absolute atomic E-state index is 12.3. The minimum absolute atomic E-state index is 0.330. The number of hydrogen-bond donors (Lipinski definition) is 2. The molecule has 0 saturated heterocycles. The van der Waals surface area contributed by atoms with Gasteiger partial charge in [-0.15, -0.1) is 11.3 Å². The number of anilines is 2. The molecule has 27 heavy (non-hydrogen) atoms. The third-order valence-corrected chi connectivity index (χ3v) is 6.92. The predicted molar refractivity (Wildman–Crippen MR) is 115 cm³/mol. The number of carbonyl (C=O) groups is 1. The van der Waals surface area contributed by atoms with Crippen molar-refractivity contribution in [3.05, 3.63) is 36.4 Å². The monoisotopic (exact) mass is 416 g/mol. The van der Waals surface area contributed by atoms with E-state index in [-0.39, 0.29) is 6.03 Å². The number of nitrogens with zero attached hydrogens (tertiary/aromatic N) is 2. The summed E-state index contributed by atoms with van der Waals surface area (Å²) in [7, 11) is 0. The summed E-state index contributed by atoms with van der Waals surface area (Å²) in [6.45, 7) is 2.54. The number of thioether (sulfide) groups is 1. The van der Waals surface area contributed by atoms with Crippen LogP contribution in [0, 0.1) is 0 Å². The number of aromatic nitrogens is 2. The molecule has 0 bridgehead atoms. The second-order valence-corrected chi connectivity index (χ2v) is 8.55. The highest BCUT2D eigenvalue weighted by molar-refractivity contribution is 8.00. The highest BCUT2D eigenvalue weighted by atomic mass is 32.2. The van der Waals surface area contributed by atoms with Crippen molar-refractivity contribution in [2.45, 2.75) is 11.3 Å². The van der Waals surface area contributed by atoms with Crippen LogP contribution in [0.1, 0.15) is 6.92 Å². The number of thiazole rings is 2. The van der Waals surface area contributed by atoms with E-state index in [0.29, 0.717) is 17.4 Å². The van der Waals surface area contributed by atoms with Gasteiger partial charge in [-0.1, -0.05) is 23.1 Å². The molecule has 0 unspecified atom stereocenters. The zero-order chi connectivity index (χ0) is 18.8. The number of rotatable bonds is 5. The van der Waals surface area contributed by atoms with Gasteiger partial charge in [-0.3, -0.25) is 5.32 Å². The number of urea groups is 1. The first-order chi connectivity index (χ1) is 13.2. The van der Waals surface area contributed by atoms with Gasteiger partial charge in [0.25, 0.3) is 0 Å². The van der Waals surface area contributed by atoms with Crippen molar-refractivity contribution in [2.24, 2.45) is 0 Å². The number of amides is 2. The van der Waals surface area contributed by atoms with Crippen molar-refractivity contribution in [2.75, 3.05) is 23.5 Å². The summed E-state index contributed by atoms with van der Waals surface area (Å²) in [5.74, 6) is 0.771. The molecule has 0 aliphatic carbocycles. The number of hydrogen-bond acceptors (Lipinski definition) is 7. The fourth-order valence-corrected chi connectivity index (χ4v) is 5.21. The summed E-state index contributed by atoms with van der Waals surface area (Å²) in [4.78, 5) is 21.4. The Kier molecular flexibility index (Phi) is 5.15. The lowest BCUT2D eigenvalue weighted by atomic mass is 10.3. The van der Waals surface area contributed by atoms with Gasteiger partial charge < -0.3 is 10.1 Å². The van der Waals surface area contributed by atoms with Crippen LogP contribution < -0.4 is 15.4 Å². The largest absolute Gasteiger partial charge is 0.494 e. The fourth-order valence-electron chi connectivity index (χ4n) is 2.55. The molecule has 138 valence electrons. The third kappa shape index (κ3) is 3.85. The van der Waals surface area contributed by atoms with Gasteiger partial charge in [0, 0.05) is 5.69 Å². The van der Waals surface area contributed by atoms with E-state index in [2.05, 4.69) is 20.6 Å². The number of carbonyl (C=O) groups excluding carboxylic acids is 1. The maximum atomic E-state index is 12.3. The molecule has 0 atom stereocenters. The Hall–Kier alpha value is -2.36. The first-order valence-corrected chi connectivity index (χ1v) is 11.1. The van der Waals surface area contributed by atoms with Gasteiger partial charge in [0.2, 0.25) is 0 Å². The van der Waals surface area contributed by atoms with E-state index >= 15 is 0 Å². The molecule has 4 aromatic rings. The predicted octanol–water partition coefficient (Wildman–Crippen LogP) is 5.67. The van der Waals surface area contributed by atoms with E-state index < -0.39 is 0 Å². The zero-order valence-electron chi connectivity index (χ0n) is 14.6. The van der Waals surface area contributed by atoms with Crippen LogP contribution in [0.5, 0.6) is 5.75 Å². The normalized spacial score (nSPS) is 11.0. The van der Waals surface area contributed by atoms with Gasteiger partial charge in [-0.05, 0) is 49.6 Å². The van der Waals surface area contributed by atoms with E-state index in [9.17, 15) is 4.79 Å². The molecule has 2 N–H and O–H groups in total. The zero-order valence-corrected chi connectivity index (χ0v) is 17.1. The Labute approximate surface area is 168 Å². The maximum Gasteiger partial charge on any atom is 0.325 e. The fraction of sp³-hybridized carbons (Fsp3) is 0.167. The first kappa shape index (κ1) is 18.0. The first-order valence-electron chi connectivity index (χ1n) is 8.21. The Bertz CT molecular complexity index is 1110. The molecule has 4 rings (SSSR count). The molecule has 2 aromatic heterocycles. The molecule has 0 radical (unpaired) electrons. The Morgan fingerprint density at radius 1 is 1.04 bits per heavy atom. The number of ether oxygens (including phenoxy) is 1. The lowest BCUT2D eigenvalue weighted by Crippen LogP contribution is -2.19. The average molecular weight is 417 g/mol. The van der Waals surface area contributed by atoms with Crippen LogP contribution in [-0.4, -0.2) is 28.9 Å². The summed E-state index contributed by atoms with van der Waals surface area (Å²) in [6.07, 6.45) is 2.01. The Morgan fingerprint density at radius 3 is 2.44 bits per heavy atom. The summed E-state index contributed by atoms with van der Waals surface area (Å²) in [5, 5.41) is 6.17. The molecule has 2 aromatic carbocycles. The SMILES string of the molecule is CCOc1ccc(NC(=O)Nc2nc3ccc4nc(SC)sc4c3s2)cc1. The highest BCUT2D eigenvalue weighted by Gasteiger charge is 2.13. The molecule has 6 nitrogen and oxygen atoms in total. The van der Waals surface area contributed by atoms with Gasteiger partial charge in [0.15, 0.2) is 9.47 Å². The van der Waals surface area contributed by atoms with E-state index in [1.807, 2.05) is 37.4 Å². The molecule has 2 amide bonds. The van der Waals surface area contributed by atoms with Crippen LogP contribution in [0.3, 0.4) is 0 Å². The van der Waals surface area contributed by atoms with Gasteiger partial charge >= 0.3 is 6.03 Å². The second-order valence-electron chi connectivity index (χ2n) is 5.50. The van der Waals surface area contributed by atoms with Crippen molar-refractivity contribution in [1.82, 2.24) is 9.97 Å². The van der Waals surface area contributed by atoms with Gasteiger partial charge in [-0.25, -0.2) is 14.8 Å². The van der Waals surface area contributed by atoms with Crippen LogP contribution >= 0.6 is 34.4 Å². The summed E-state index contributed by atoms with van der Waals surface area (Å²) in [5.41, 5.74) is 2.51. The smallest absolute Gasteiger partial charge is 0.325 e. The number of benzene rings is 2. The van der Waals surface area contributed by atoms with Crippen LogP contribution in [0.15, 0.2) is 40.7 Å². The van der Waals surface area contributed by atoms with Gasteiger partial charge in [-0.2, -0.15) is 0 Å². The lowest BCUT2D eigenvalue weighted by Gasteiger charge is -2.07. The molecule has 0 spiro atoms. The third-order valence-electron chi connectivity index (χ3n) is 3.71. The second kappa shape index (κ2) is 7.71. The van der Waals surface area contributed by atoms with E-state index in [1.165, 1.54) is 11.3 Å². The summed E-state index contributed by atoms with van der Waals surface area (Å²) >= 11 is 4.73. The van der Waals surface area contributed by atoms with Crippen molar-refractivity contribution < 1.29 is 9.53 Å². The van der Waals surface area contributed by atoms with Crippen LogP contribution in [0.25, 0.3) is 20.4 Å². The molecule has 0 saturated carbocycles. The number of nitrogens with one attached hydrogen (secondary N) is 2. The number of fused-ring (bicyclic) bond motifs is 3. The lowest BCUT2D eigenvalue weighted by molar-refractivity contribution is 0.262. The van der Waals surface area contributed by atoms with Gasteiger partial charge in [0.05, 0.1) is 27.0 Å². The van der Waals surface area contributed by atoms with Crippen molar-refractivity contribution in [3.8, 4) is 5.75 Å². The van der Waals surface area contributed by atoms with E-state index in [0.717, 1.165) is 30.5 Å². The topological polar surface area (TPSA) is 76.1 Å². The highest BCUT2D eigenvalue weighted by Crippen LogP contribution is 2.38. The minimum atomic E-state index is -0.330. The molecule has 2 heterocycles. The molecule has 0 fully saturated rings. The van der Waals surface area contributed by atoms with Crippen molar-refractivity contribution >= 4 is 71.7 Å². The van der Waals surface area contributed by atoms with Crippen LogP contribution in [0.2, 0.25) is 0 Å². The molecule has 0 aliphatic rings. The van der Waals surface area contributed by atoms with E-state index in [4.69, 9.17) is 4.74 Å². The molecular formula is C18H16N4O2S3. The molecule has 0 aliphatic heterocycles. The van der Waals surface area contributed by atoms with E-state index in [1.54, 1.807) is 35.2 Å². The van der Waals surface area contributed by atoms with Crippen molar-refractivity contribution in [1.29, 1.82) is 0 Å². The molecule has 9 heteroatoms.